The van der Waals surface area contributed by atoms with Gasteiger partial charge in [0.15, 0.2) is 0 Å². The highest BCUT2D eigenvalue weighted by Crippen LogP contribution is 2.13. The van der Waals surface area contributed by atoms with Gasteiger partial charge in [-0.25, -0.2) is 4.98 Å². The number of nitriles is 1. The Morgan fingerprint density at radius 3 is 3.07 bits per heavy atom. The SMILES string of the molecule is C=CCCNc1nc(N)ccc1C#N. The largest absolute Gasteiger partial charge is 0.384 e. The zero-order valence-electron chi connectivity index (χ0n) is 7.83. The van der Waals surface area contributed by atoms with E-state index in [0.29, 0.717) is 23.7 Å². The van der Waals surface area contributed by atoms with Gasteiger partial charge >= 0.3 is 0 Å². The lowest BCUT2D eigenvalue weighted by atomic mass is 10.2. The monoisotopic (exact) mass is 188 g/mol. The summed E-state index contributed by atoms with van der Waals surface area (Å²) < 4.78 is 0. The van der Waals surface area contributed by atoms with Gasteiger partial charge in [-0.15, -0.1) is 6.58 Å². The molecule has 0 aromatic carbocycles. The quantitative estimate of drug-likeness (QED) is 0.555. The molecule has 0 aliphatic carbocycles. The maximum Gasteiger partial charge on any atom is 0.146 e. The van der Waals surface area contributed by atoms with Crippen LogP contribution in [-0.2, 0) is 0 Å². The number of nitrogen functional groups attached to an aromatic ring is 1. The molecule has 0 atom stereocenters. The third-order valence-corrected chi connectivity index (χ3v) is 1.68. The molecule has 0 fully saturated rings. The number of nitrogens with one attached hydrogen (secondary N) is 1. The predicted octanol–water partition coefficient (Wildman–Crippen LogP) is 1.52. The van der Waals surface area contributed by atoms with Crippen LogP contribution in [0.5, 0.6) is 0 Å². The Balaban J connectivity index is 2.78. The molecule has 1 aromatic rings. The summed E-state index contributed by atoms with van der Waals surface area (Å²) in [5.41, 5.74) is 6.01. The van der Waals surface area contributed by atoms with Gasteiger partial charge in [0.1, 0.15) is 17.7 Å². The van der Waals surface area contributed by atoms with Crippen molar-refractivity contribution in [3.8, 4) is 6.07 Å². The molecule has 4 nitrogen and oxygen atoms in total. The van der Waals surface area contributed by atoms with Crippen LogP contribution < -0.4 is 11.1 Å². The maximum atomic E-state index is 8.77. The van der Waals surface area contributed by atoms with Gasteiger partial charge in [0.05, 0.1) is 5.56 Å². The van der Waals surface area contributed by atoms with E-state index in [0.717, 1.165) is 6.42 Å². The molecule has 0 bridgehead atoms. The average molecular weight is 188 g/mol. The van der Waals surface area contributed by atoms with Crippen LogP contribution in [0.2, 0.25) is 0 Å². The van der Waals surface area contributed by atoms with Crippen molar-refractivity contribution >= 4 is 11.6 Å². The van der Waals surface area contributed by atoms with E-state index in [2.05, 4.69) is 16.9 Å². The number of nitrogens with zero attached hydrogens (tertiary/aromatic N) is 2. The summed E-state index contributed by atoms with van der Waals surface area (Å²) in [7, 11) is 0. The molecule has 0 unspecified atom stereocenters. The lowest BCUT2D eigenvalue weighted by molar-refractivity contribution is 1.05. The highest BCUT2D eigenvalue weighted by Gasteiger charge is 2.02. The van der Waals surface area contributed by atoms with Gasteiger partial charge in [-0.05, 0) is 18.6 Å². The van der Waals surface area contributed by atoms with Crippen molar-refractivity contribution in [1.82, 2.24) is 4.98 Å². The van der Waals surface area contributed by atoms with Crippen molar-refractivity contribution in [1.29, 1.82) is 5.26 Å². The van der Waals surface area contributed by atoms with Crippen molar-refractivity contribution in [3.63, 3.8) is 0 Å². The van der Waals surface area contributed by atoms with Crippen LogP contribution >= 0.6 is 0 Å². The molecule has 14 heavy (non-hydrogen) atoms. The highest BCUT2D eigenvalue weighted by molar-refractivity contribution is 5.55. The molecule has 0 spiro atoms. The maximum absolute atomic E-state index is 8.77. The Morgan fingerprint density at radius 1 is 1.64 bits per heavy atom. The summed E-state index contributed by atoms with van der Waals surface area (Å²) in [6.07, 6.45) is 2.62. The van der Waals surface area contributed by atoms with Crippen LogP contribution in [0.3, 0.4) is 0 Å². The first-order chi connectivity index (χ1) is 6.77. The molecule has 0 amide bonds. The fraction of sp³-hybridized carbons (Fsp3) is 0.200. The second-order valence-electron chi connectivity index (χ2n) is 2.75. The summed E-state index contributed by atoms with van der Waals surface area (Å²) in [5, 5.41) is 11.8. The van der Waals surface area contributed by atoms with Gasteiger partial charge in [0.2, 0.25) is 0 Å². The molecule has 1 heterocycles. The predicted molar refractivity (Wildman–Crippen MR) is 56.7 cm³/mol. The summed E-state index contributed by atoms with van der Waals surface area (Å²) in [5.74, 6) is 0.944. The number of hydrogen-bond donors (Lipinski definition) is 2. The van der Waals surface area contributed by atoms with E-state index in [-0.39, 0.29) is 0 Å². The first-order valence-electron chi connectivity index (χ1n) is 4.29. The van der Waals surface area contributed by atoms with E-state index in [4.69, 9.17) is 11.0 Å². The topological polar surface area (TPSA) is 74.7 Å². The summed E-state index contributed by atoms with van der Waals surface area (Å²) in [6.45, 7) is 4.30. The molecular weight excluding hydrogens is 176 g/mol. The van der Waals surface area contributed by atoms with Crippen molar-refractivity contribution in [2.45, 2.75) is 6.42 Å². The summed E-state index contributed by atoms with van der Waals surface area (Å²) >= 11 is 0. The van der Waals surface area contributed by atoms with Gasteiger partial charge in [-0.2, -0.15) is 5.26 Å². The lowest BCUT2D eigenvalue weighted by Crippen LogP contribution is -2.05. The second-order valence-corrected chi connectivity index (χ2v) is 2.75. The number of pyridine rings is 1. The number of anilines is 2. The Labute approximate surface area is 83.1 Å². The van der Waals surface area contributed by atoms with E-state index >= 15 is 0 Å². The molecule has 0 saturated carbocycles. The van der Waals surface area contributed by atoms with E-state index in [1.807, 2.05) is 6.07 Å². The minimum Gasteiger partial charge on any atom is -0.384 e. The van der Waals surface area contributed by atoms with E-state index in [1.165, 1.54) is 0 Å². The molecular formula is C10H12N4. The van der Waals surface area contributed by atoms with Gasteiger partial charge < -0.3 is 11.1 Å². The van der Waals surface area contributed by atoms with Crippen molar-refractivity contribution in [2.24, 2.45) is 0 Å². The summed E-state index contributed by atoms with van der Waals surface area (Å²) in [4.78, 5) is 4.03. The van der Waals surface area contributed by atoms with Gasteiger partial charge in [-0.3, -0.25) is 0 Å². The molecule has 1 aromatic heterocycles. The normalized spacial score (nSPS) is 9.07. The second kappa shape index (κ2) is 4.87. The molecule has 0 saturated heterocycles. The van der Waals surface area contributed by atoms with Crippen LogP contribution in [0.25, 0.3) is 0 Å². The molecule has 0 radical (unpaired) electrons. The van der Waals surface area contributed by atoms with Crippen LogP contribution in [0.1, 0.15) is 12.0 Å². The van der Waals surface area contributed by atoms with Crippen LogP contribution in [0, 0.1) is 11.3 Å². The van der Waals surface area contributed by atoms with E-state index in [1.54, 1.807) is 18.2 Å². The molecule has 72 valence electrons. The van der Waals surface area contributed by atoms with Gasteiger partial charge in [-0.1, -0.05) is 6.08 Å². The Bertz CT molecular complexity index is 365. The first-order valence-corrected chi connectivity index (χ1v) is 4.29. The van der Waals surface area contributed by atoms with Gasteiger partial charge in [0.25, 0.3) is 0 Å². The van der Waals surface area contributed by atoms with Crippen molar-refractivity contribution in [3.05, 3.63) is 30.4 Å². The zero-order valence-corrected chi connectivity index (χ0v) is 7.83. The van der Waals surface area contributed by atoms with Crippen molar-refractivity contribution in [2.75, 3.05) is 17.6 Å². The average Bonchev–Trinajstić information content (AvgIpc) is 2.19. The van der Waals surface area contributed by atoms with E-state index < -0.39 is 0 Å². The minimum atomic E-state index is 0.408. The van der Waals surface area contributed by atoms with Crippen molar-refractivity contribution < 1.29 is 0 Å². The third-order valence-electron chi connectivity index (χ3n) is 1.68. The smallest absolute Gasteiger partial charge is 0.146 e. The Morgan fingerprint density at radius 2 is 2.43 bits per heavy atom. The van der Waals surface area contributed by atoms with Gasteiger partial charge in [0, 0.05) is 6.54 Å². The molecule has 0 aliphatic rings. The molecule has 1 rings (SSSR count). The molecule has 4 heteroatoms. The Kier molecular flexibility index (Phi) is 3.50. The fourth-order valence-corrected chi connectivity index (χ4v) is 0.992. The highest BCUT2D eigenvalue weighted by atomic mass is 15.0. The first kappa shape index (κ1) is 10.1. The molecule has 3 N–H and O–H groups in total. The van der Waals surface area contributed by atoms with Crippen LogP contribution in [0.15, 0.2) is 24.8 Å². The Hall–Kier alpha value is -2.02. The van der Waals surface area contributed by atoms with Crippen LogP contribution in [-0.4, -0.2) is 11.5 Å². The number of hydrogen-bond acceptors (Lipinski definition) is 4. The third kappa shape index (κ3) is 2.49. The zero-order chi connectivity index (χ0) is 10.4. The lowest BCUT2D eigenvalue weighted by Gasteiger charge is -2.05. The standard InChI is InChI=1S/C10H12N4/c1-2-3-6-13-10-8(7-11)4-5-9(12)14-10/h2,4-5H,1,3,6H2,(H3,12,13,14). The number of rotatable bonds is 4. The number of aromatic nitrogens is 1. The van der Waals surface area contributed by atoms with E-state index in [9.17, 15) is 0 Å². The fourth-order valence-electron chi connectivity index (χ4n) is 0.992. The minimum absolute atomic E-state index is 0.408. The summed E-state index contributed by atoms with van der Waals surface area (Å²) in [6, 6.07) is 5.30. The number of nitrogens with two attached hydrogens (primary N) is 1. The molecule has 0 aliphatic heterocycles. The van der Waals surface area contributed by atoms with Crippen LogP contribution in [0.4, 0.5) is 11.6 Å².